The minimum atomic E-state index is -2.73. The number of amides is 2. The molecule has 23 heavy (non-hydrogen) atoms. The number of nitrogens with one attached hydrogen (secondary N) is 1. The van der Waals surface area contributed by atoms with E-state index in [4.69, 9.17) is 5.11 Å². The van der Waals surface area contributed by atoms with Gasteiger partial charge in [0, 0.05) is 13.1 Å². The third-order valence-corrected chi connectivity index (χ3v) is 3.89. The first-order chi connectivity index (χ1) is 11.0. The third kappa shape index (κ3) is 3.75. The minimum absolute atomic E-state index is 0.0152. The van der Waals surface area contributed by atoms with Crippen LogP contribution < -0.4 is 5.32 Å². The molecule has 10 heteroatoms. The standard InChI is InChI=1S/C10H11F2N5O2S.C3H8/c11-8(12)7-5(3-16-2-1-13-9(16)19)17-10(14-7)20-6(4-18)15-17;1-3-2/h8,18H,1-4H2,(H,13,19);3H2,1-2H3. The van der Waals surface area contributed by atoms with Crippen LogP contribution in [0.2, 0.25) is 0 Å². The molecule has 2 N–H and O–H groups in total. The van der Waals surface area contributed by atoms with Gasteiger partial charge >= 0.3 is 6.03 Å². The summed E-state index contributed by atoms with van der Waals surface area (Å²) in [7, 11) is 0. The van der Waals surface area contributed by atoms with Gasteiger partial charge in [-0.1, -0.05) is 31.6 Å². The highest BCUT2D eigenvalue weighted by Crippen LogP contribution is 2.27. The summed E-state index contributed by atoms with van der Waals surface area (Å²) in [4.78, 5) is 17.1. The highest BCUT2D eigenvalue weighted by Gasteiger charge is 2.27. The summed E-state index contributed by atoms with van der Waals surface area (Å²) in [5.41, 5.74) is -0.184. The van der Waals surface area contributed by atoms with E-state index in [-0.39, 0.29) is 30.6 Å². The van der Waals surface area contributed by atoms with Gasteiger partial charge in [-0.15, -0.1) is 0 Å². The normalized spacial score (nSPS) is 14.3. The van der Waals surface area contributed by atoms with Crippen molar-refractivity contribution >= 4 is 22.3 Å². The number of nitrogens with zero attached hydrogens (tertiary/aromatic N) is 4. The van der Waals surface area contributed by atoms with Gasteiger partial charge in [0.05, 0.1) is 18.8 Å². The molecule has 7 nitrogen and oxygen atoms in total. The second kappa shape index (κ2) is 7.64. The second-order valence-electron chi connectivity index (χ2n) is 4.95. The summed E-state index contributed by atoms with van der Waals surface area (Å²) in [6.07, 6.45) is -1.48. The van der Waals surface area contributed by atoms with Crippen LogP contribution in [0.25, 0.3) is 4.96 Å². The Bertz CT molecular complexity index is 673. The van der Waals surface area contributed by atoms with E-state index in [1.54, 1.807) is 0 Å². The number of carbonyl (C=O) groups is 1. The predicted molar refractivity (Wildman–Crippen MR) is 81.5 cm³/mol. The number of rotatable bonds is 4. The van der Waals surface area contributed by atoms with Crippen LogP contribution in [0, 0.1) is 0 Å². The van der Waals surface area contributed by atoms with Crippen molar-refractivity contribution in [3.63, 3.8) is 0 Å². The van der Waals surface area contributed by atoms with Crippen LogP contribution in [0.1, 0.15) is 43.1 Å². The molecular formula is C13H19F2N5O2S. The Labute approximate surface area is 135 Å². The number of alkyl halides is 2. The van der Waals surface area contributed by atoms with Gasteiger partial charge in [0.15, 0.2) is 0 Å². The van der Waals surface area contributed by atoms with Crippen LogP contribution >= 0.6 is 11.3 Å². The topological polar surface area (TPSA) is 82.8 Å². The molecule has 0 bridgehead atoms. The lowest BCUT2D eigenvalue weighted by atomic mass is 10.3. The van der Waals surface area contributed by atoms with Gasteiger partial charge in [-0.25, -0.2) is 23.1 Å². The maximum absolute atomic E-state index is 13.0. The molecule has 3 heterocycles. The molecule has 2 aromatic heterocycles. The molecule has 128 valence electrons. The number of aliphatic hydroxyl groups is 1. The van der Waals surface area contributed by atoms with Gasteiger partial charge in [-0.3, -0.25) is 0 Å². The van der Waals surface area contributed by atoms with Crippen LogP contribution in [0.5, 0.6) is 0 Å². The summed E-state index contributed by atoms with van der Waals surface area (Å²) in [6, 6.07) is -0.294. The van der Waals surface area contributed by atoms with Crippen molar-refractivity contribution in [1.82, 2.24) is 24.8 Å². The number of imidazole rings is 1. The van der Waals surface area contributed by atoms with E-state index in [0.717, 1.165) is 11.3 Å². The van der Waals surface area contributed by atoms with Crippen LogP contribution in [0.4, 0.5) is 13.6 Å². The van der Waals surface area contributed by atoms with E-state index in [1.807, 2.05) is 0 Å². The molecule has 0 unspecified atom stereocenters. The largest absolute Gasteiger partial charge is 0.389 e. The fourth-order valence-corrected chi connectivity index (χ4v) is 2.85. The number of hydrogen-bond acceptors (Lipinski definition) is 5. The smallest absolute Gasteiger partial charge is 0.317 e. The van der Waals surface area contributed by atoms with Gasteiger partial charge in [-0.05, 0) is 0 Å². The Kier molecular flexibility index (Phi) is 5.83. The van der Waals surface area contributed by atoms with E-state index in [2.05, 4.69) is 29.2 Å². The molecule has 0 saturated carbocycles. The van der Waals surface area contributed by atoms with Crippen LogP contribution in [-0.2, 0) is 13.2 Å². The summed E-state index contributed by atoms with van der Waals surface area (Å²) >= 11 is 1.05. The molecule has 0 aliphatic carbocycles. The van der Waals surface area contributed by atoms with Crippen molar-refractivity contribution in [3.05, 3.63) is 16.4 Å². The minimum Gasteiger partial charge on any atom is -0.389 e. The number of carbonyl (C=O) groups excluding carboxylic acids is 1. The third-order valence-electron chi connectivity index (χ3n) is 3.00. The Hall–Kier alpha value is -1.81. The fourth-order valence-electron chi connectivity index (χ4n) is 2.07. The van der Waals surface area contributed by atoms with Crippen molar-refractivity contribution in [2.45, 2.75) is 39.8 Å². The molecule has 0 spiro atoms. The van der Waals surface area contributed by atoms with Crippen molar-refractivity contribution in [1.29, 1.82) is 0 Å². The molecule has 3 rings (SSSR count). The highest BCUT2D eigenvalue weighted by molar-refractivity contribution is 7.16. The lowest BCUT2D eigenvalue weighted by Gasteiger charge is -2.13. The van der Waals surface area contributed by atoms with E-state index < -0.39 is 6.43 Å². The van der Waals surface area contributed by atoms with Crippen molar-refractivity contribution in [2.24, 2.45) is 0 Å². The monoisotopic (exact) mass is 347 g/mol. The second-order valence-corrected chi connectivity index (χ2v) is 5.99. The van der Waals surface area contributed by atoms with Crippen LogP contribution in [-0.4, -0.2) is 43.7 Å². The maximum Gasteiger partial charge on any atom is 0.317 e. The molecule has 0 radical (unpaired) electrons. The van der Waals surface area contributed by atoms with Crippen molar-refractivity contribution in [3.8, 4) is 0 Å². The zero-order valence-electron chi connectivity index (χ0n) is 12.9. The molecule has 1 saturated heterocycles. The molecule has 2 aromatic rings. The van der Waals surface area contributed by atoms with E-state index in [1.165, 1.54) is 15.8 Å². The summed E-state index contributed by atoms with van der Waals surface area (Å²) in [5, 5.41) is 16.1. The van der Waals surface area contributed by atoms with Gasteiger partial charge in [0.25, 0.3) is 6.43 Å². The number of fused-ring (bicyclic) bond motifs is 1. The molecule has 2 amide bonds. The Morgan fingerprint density at radius 2 is 2.13 bits per heavy atom. The molecule has 1 aliphatic heterocycles. The first kappa shape index (κ1) is 17.5. The van der Waals surface area contributed by atoms with Crippen molar-refractivity contribution < 1.29 is 18.7 Å². The predicted octanol–water partition coefficient (Wildman–Crippen LogP) is 2.16. The van der Waals surface area contributed by atoms with E-state index in [9.17, 15) is 13.6 Å². The van der Waals surface area contributed by atoms with Crippen molar-refractivity contribution in [2.75, 3.05) is 13.1 Å². The average molecular weight is 347 g/mol. The van der Waals surface area contributed by atoms with Crippen LogP contribution in [0.15, 0.2) is 0 Å². The Morgan fingerprint density at radius 3 is 2.65 bits per heavy atom. The highest BCUT2D eigenvalue weighted by atomic mass is 32.1. The molecule has 0 aromatic carbocycles. The van der Waals surface area contributed by atoms with Gasteiger partial charge in [0.1, 0.15) is 10.7 Å². The zero-order chi connectivity index (χ0) is 17.0. The number of hydrogen-bond donors (Lipinski definition) is 2. The van der Waals surface area contributed by atoms with Crippen LogP contribution in [0.3, 0.4) is 0 Å². The lowest BCUT2D eigenvalue weighted by molar-refractivity contribution is 0.144. The van der Waals surface area contributed by atoms with Gasteiger partial charge in [-0.2, -0.15) is 5.10 Å². The van der Waals surface area contributed by atoms with Gasteiger partial charge in [0.2, 0.25) is 4.96 Å². The Balaban J connectivity index is 0.000000595. The average Bonchev–Trinajstić information content (AvgIpc) is 3.16. The first-order valence-corrected chi connectivity index (χ1v) is 8.12. The number of aromatic nitrogens is 3. The molecule has 1 aliphatic rings. The lowest BCUT2D eigenvalue weighted by Crippen LogP contribution is -2.28. The van der Waals surface area contributed by atoms with E-state index in [0.29, 0.717) is 23.1 Å². The zero-order valence-corrected chi connectivity index (χ0v) is 13.7. The summed E-state index contributed by atoms with van der Waals surface area (Å²) in [5.74, 6) is 0. The molecule has 1 fully saturated rings. The van der Waals surface area contributed by atoms with E-state index >= 15 is 0 Å². The number of urea groups is 1. The number of aliphatic hydroxyl groups excluding tert-OH is 1. The molecular weight excluding hydrogens is 328 g/mol. The SMILES string of the molecule is CCC.O=C1NCCN1Cc1c(C(F)F)nc2sc(CO)nn12. The summed E-state index contributed by atoms with van der Waals surface area (Å²) < 4.78 is 27.3. The Morgan fingerprint density at radius 1 is 1.43 bits per heavy atom. The first-order valence-electron chi connectivity index (χ1n) is 7.30. The number of halogens is 2. The van der Waals surface area contributed by atoms with Gasteiger partial charge < -0.3 is 15.3 Å². The summed E-state index contributed by atoms with van der Waals surface area (Å²) in [6.45, 7) is 4.93. The fraction of sp³-hybridized carbons (Fsp3) is 0.615. The molecule has 0 atom stereocenters. The maximum atomic E-state index is 13.0. The quantitative estimate of drug-likeness (QED) is 0.888.